The van der Waals surface area contributed by atoms with Crippen molar-refractivity contribution in [3.8, 4) is 11.1 Å². The first kappa shape index (κ1) is 23.8. The highest BCUT2D eigenvalue weighted by Gasteiger charge is 2.38. The Morgan fingerprint density at radius 2 is 1.65 bits per heavy atom. The van der Waals surface area contributed by atoms with Gasteiger partial charge in [-0.15, -0.1) is 0 Å². The summed E-state index contributed by atoms with van der Waals surface area (Å²) >= 11 is 0. The van der Waals surface area contributed by atoms with E-state index in [-0.39, 0.29) is 18.6 Å². The molecule has 4 N–H and O–H groups in total. The topological polar surface area (TPSA) is 125 Å². The maximum atomic E-state index is 12.6. The van der Waals surface area contributed by atoms with Gasteiger partial charge in [0.2, 0.25) is 5.91 Å². The molecule has 2 aliphatic rings. The van der Waals surface area contributed by atoms with Gasteiger partial charge in [-0.05, 0) is 48.4 Å². The zero-order valence-electron chi connectivity index (χ0n) is 19.1. The van der Waals surface area contributed by atoms with Gasteiger partial charge in [0.1, 0.15) is 6.61 Å². The summed E-state index contributed by atoms with van der Waals surface area (Å²) in [7, 11) is 0. The van der Waals surface area contributed by atoms with Gasteiger partial charge in [0.15, 0.2) is 5.54 Å². The molecular formula is C26H30N2O6. The molecule has 3 atom stereocenters. The lowest BCUT2D eigenvalue weighted by Crippen LogP contribution is -2.57. The number of fused-ring (bicyclic) bond motifs is 3. The van der Waals surface area contributed by atoms with E-state index in [0.717, 1.165) is 28.7 Å². The van der Waals surface area contributed by atoms with E-state index < -0.39 is 36.0 Å². The van der Waals surface area contributed by atoms with Crippen LogP contribution in [-0.4, -0.2) is 53.0 Å². The van der Waals surface area contributed by atoms with Crippen LogP contribution in [0.1, 0.15) is 49.7 Å². The van der Waals surface area contributed by atoms with Crippen molar-refractivity contribution >= 4 is 18.0 Å². The summed E-state index contributed by atoms with van der Waals surface area (Å²) in [5, 5.41) is 24.0. The van der Waals surface area contributed by atoms with Gasteiger partial charge in [-0.2, -0.15) is 0 Å². The Kier molecular flexibility index (Phi) is 6.88. The number of hydrogen-bond donors (Lipinski definition) is 4. The molecule has 4 rings (SSSR count). The van der Waals surface area contributed by atoms with E-state index in [2.05, 4.69) is 34.9 Å². The number of nitrogens with one attached hydrogen (secondary N) is 2. The third-order valence-electron chi connectivity index (χ3n) is 6.90. The third kappa shape index (κ3) is 4.77. The van der Waals surface area contributed by atoms with Crippen molar-refractivity contribution in [2.24, 2.45) is 5.92 Å². The largest absolute Gasteiger partial charge is 0.479 e. The molecule has 2 amide bonds. The Hall–Kier alpha value is -3.39. The van der Waals surface area contributed by atoms with Crippen molar-refractivity contribution in [3.05, 3.63) is 59.7 Å². The fraction of sp³-hybridized carbons (Fsp3) is 0.423. The summed E-state index contributed by atoms with van der Waals surface area (Å²) in [5.74, 6) is -2.21. The summed E-state index contributed by atoms with van der Waals surface area (Å²) in [6.45, 7) is 0.772. The molecule has 0 bridgehead atoms. The van der Waals surface area contributed by atoms with Crippen molar-refractivity contribution in [2.45, 2.75) is 50.1 Å². The van der Waals surface area contributed by atoms with Gasteiger partial charge >= 0.3 is 12.1 Å². The highest BCUT2D eigenvalue weighted by Crippen LogP contribution is 2.44. The number of hydrogen-bond acceptors (Lipinski definition) is 5. The van der Waals surface area contributed by atoms with E-state index in [0.29, 0.717) is 19.3 Å². The van der Waals surface area contributed by atoms with Crippen molar-refractivity contribution in [2.75, 3.05) is 13.2 Å². The molecule has 0 spiro atoms. The molecule has 2 aromatic carbocycles. The zero-order valence-corrected chi connectivity index (χ0v) is 19.1. The second kappa shape index (κ2) is 9.85. The molecule has 0 aromatic heterocycles. The van der Waals surface area contributed by atoms with Crippen molar-refractivity contribution in [1.29, 1.82) is 0 Å². The molecule has 2 aromatic rings. The molecule has 1 fully saturated rings. The lowest BCUT2D eigenvalue weighted by Gasteiger charge is -2.31. The van der Waals surface area contributed by atoms with Crippen molar-refractivity contribution < 1.29 is 29.3 Å². The van der Waals surface area contributed by atoms with E-state index in [1.165, 1.54) is 6.92 Å². The van der Waals surface area contributed by atoms with E-state index >= 15 is 0 Å². The summed E-state index contributed by atoms with van der Waals surface area (Å²) in [6.07, 6.45) is 1.88. The Morgan fingerprint density at radius 3 is 2.24 bits per heavy atom. The first-order valence-corrected chi connectivity index (χ1v) is 11.6. The molecular weight excluding hydrogens is 436 g/mol. The Labute approximate surface area is 198 Å². The molecule has 0 aliphatic heterocycles. The Balaban J connectivity index is 1.33. The van der Waals surface area contributed by atoms with Crippen LogP contribution in [0.4, 0.5) is 4.79 Å². The van der Waals surface area contributed by atoms with Gasteiger partial charge in [-0.25, -0.2) is 9.59 Å². The summed E-state index contributed by atoms with van der Waals surface area (Å²) in [4.78, 5) is 36.6. The third-order valence-corrected chi connectivity index (χ3v) is 6.90. The minimum absolute atomic E-state index is 0.0322. The van der Waals surface area contributed by atoms with Crippen molar-refractivity contribution in [3.63, 3.8) is 0 Å². The average molecular weight is 467 g/mol. The van der Waals surface area contributed by atoms with E-state index in [1.54, 1.807) is 0 Å². The van der Waals surface area contributed by atoms with Crippen LogP contribution in [0.25, 0.3) is 11.1 Å². The van der Waals surface area contributed by atoms with Crippen molar-refractivity contribution in [1.82, 2.24) is 10.6 Å². The number of carbonyl (C=O) groups excluding carboxylic acids is 2. The lowest BCUT2D eigenvalue weighted by atomic mass is 9.84. The number of aliphatic hydroxyl groups excluding tert-OH is 1. The van der Waals surface area contributed by atoms with Gasteiger partial charge in [0.25, 0.3) is 0 Å². The number of benzene rings is 2. The maximum absolute atomic E-state index is 12.6. The fourth-order valence-corrected chi connectivity index (χ4v) is 4.90. The number of carboxylic acid groups (broad SMARTS) is 1. The standard InChI is InChI=1S/C26H30N2O6/c1-26(15-29,24(31)32)28-23(30)16-7-6-8-17(13-16)27-25(33)34-14-22-20-11-4-2-9-18(20)19-10-3-5-12-21(19)22/h2-5,9-12,16-17,22,29H,6-8,13-15H2,1H3,(H,27,33)(H,28,30)(H,31,32)/t16-,17+,26?/m0/s1. The van der Waals surface area contributed by atoms with Crippen LogP contribution >= 0.6 is 0 Å². The molecule has 2 aliphatic carbocycles. The van der Waals surface area contributed by atoms with Crippen LogP contribution < -0.4 is 10.6 Å². The Morgan fingerprint density at radius 1 is 1.03 bits per heavy atom. The molecule has 0 radical (unpaired) electrons. The minimum atomic E-state index is -1.73. The smallest absolute Gasteiger partial charge is 0.407 e. The number of carbonyl (C=O) groups is 3. The minimum Gasteiger partial charge on any atom is -0.479 e. The molecule has 1 unspecified atom stereocenters. The highest BCUT2D eigenvalue weighted by molar-refractivity contribution is 5.88. The number of ether oxygens (including phenoxy) is 1. The fourth-order valence-electron chi connectivity index (χ4n) is 4.90. The molecule has 8 heteroatoms. The van der Waals surface area contributed by atoms with Crippen LogP contribution in [0.5, 0.6) is 0 Å². The van der Waals surface area contributed by atoms with Gasteiger partial charge in [-0.3, -0.25) is 4.79 Å². The number of amides is 2. The van der Waals surface area contributed by atoms with Gasteiger partial charge in [0.05, 0.1) is 6.61 Å². The highest BCUT2D eigenvalue weighted by atomic mass is 16.5. The van der Waals surface area contributed by atoms with E-state index in [1.807, 2.05) is 24.3 Å². The molecule has 1 saturated carbocycles. The van der Waals surface area contributed by atoms with Gasteiger partial charge in [-0.1, -0.05) is 55.0 Å². The van der Waals surface area contributed by atoms with E-state index in [9.17, 15) is 24.6 Å². The summed E-state index contributed by atoms with van der Waals surface area (Å²) in [6, 6.07) is 16.0. The summed E-state index contributed by atoms with van der Waals surface area (Å²) < 4.78 is 5.61. The monoisotopic (exact) mass is 466 g/mol. The first-order chi connectivity index (χ1) is 16.3. The maximum Gasteiger partial charge on any atom is 0.407 e. The second-order valence-corrected chi connectivity index (χ2v) is 9.31. The number of rotatable bonds is 7. The van der Waals surface area contributed by atoms with Crippen LogP contribution in [0.2, 0.25) is 0 Å². The van der Waals surface area contributed by atoms with Gasteiger partial charge in [0, 0.05) is 17.9 Å². The normalized spacial score (nSPS) is 21.0. The predicted octanol–water partition coefficient (Wildman–Crippen LogP) is 3.04. The zero-order chi connectivity index (χ0) is 24.3. The number of alkyl carbamates (subject to hydrolysis) is 1. The van der Waals surface area contributed by atoms with Crippen LogP contribution in [0, 0.1) is 5.92 Å². The lowest BCUT2D eigenvalue weighted by molar-refractivity contribution is -0.149. The van der Waals surface area contributed by atoms with Gasteiger partial charge < -0.3 is 25.6 Å². The SMILES string of the molecule is CC(CO)(NC(=O)[C@H]1CCC[C@@H](NC(=O)OCC2c3ccccc3-c3ccccc32)C1)C(=O)O. The molecule has 180 valence electrons. The van der Waals surface area contributed by atoms with Crippen LogP contribution in [-0.2, 0) is 14.3 Å². The quantitative estimate of drug-likeness (QED) is 0.497. The van der Waals surface area contributed by atoms with E-state index in [4.69, 9.17) is 4.74 Å². The number of aliphatic hydroxyl groups is 1. The predicted molar refractivity (Wildman–Crippen MR) is 125 cm³/mol. The molecule has 34 heavy (non-hydrogen) atoms. The van der Waals surface area contributed by atoms with Crippen LogP contribution in [0.15, 0.2) is 48.5 Å². The molecule has 8 nitrogen and oxygen atoms in total. The number of carboxylic acids is 1. The Bertz CT molecular complexity index is 1040. The molecule has 0 heterocycles. The summed E-state index contributed by atoms with van der Waals surface area (Å²) in [5.41, 5.74) is 2.85. The average Bonchev–Trinajstić information content (AvgIpc) is 3.16. The second-order valence-electron chi connectivity index (χ2n) is 9.31. The molecule has 0 saturated heterocycles. The van der Waals surface area contributed by atoms with Crippen LogP contribution in [0.3, 0.4) is 0 Å². The first-order valence-electron chi connectivity index (χ1n) is 11.6. The number of aliphatic carboxylic acids is 1.